The van der Waals surface area contributed by atoms with Crippen molar-refractivity contribution < 1.29 is 9.47 Å². The van der Waals surface area contributed by atoms with Crippen molar-refractivity contribution in [3.05, 3.63) is 54.2 Å². The van der Waals surface area contributed by atoms with E-state index in [1.165, 1.54) is 21.7 Å². The smallest absolute Gasteiger partial charge is 0.231 e. The number of pyridine rings is 1. The van der Waals surface area contributed by atoms with E-state index in [0.717, 1.165) is 27.8 Å². The van der Waals surface area contributed by atoms with Crippen molar-refractivity contribution in [2.24, 2.45) is 0 Å². The van der Waals surface area contributed by atoms with Crippen LogP contribution in [0.15, 0.2) is 48.7 Å². The second kappa shape index (κ2) is 4.10. The Balaban J connectivity index is 1.97. The Kier molecular flexibility index (Phi) is 2.20. The highest BCUT2D eigenvalue weighted by molar-refractivity contribution is 6.15. The quantitative estimate of drug-likeness (QED) is 0.444. The van der Waals surface area contributed by atoms with Gasteiger partial charge in [-0.05, 0) is 35.4 Å². The van der Waals surface area contributed by atoms with Crippen LogP contribution in [-0.2, 0) is 0 Å². The Morgan fingerprint density at radius 1 is 0.864 bits per heavy atom. The van der Waals surface area contributed by atoms with Crippen molar-refractivity contribution in [1.82, 2.24) is 4.98 Å². The third-order valence-corrected chi connectivity index (χ3v) is 4.42. The highest BCUT2D eigenvalue weighted by atomic mass is 16.7. The van der Waals surface area contributed by atoms with Gasteiger partial charge >= 0.3 is 0 Å². The van der Waals surface area contributed by atoms with Crippen molar-refractivity contribution in [3.63, 3.8) is 0 Å². The first-order chi connectivity index (χ1) is 10.8. The zero-order chi connectivity index (χ0) is 14.7. The van der Waals surface area contributed by atoms with E-state index in [0.29, 0.717) is 6.79 Å². The molecule has 0 radical (unpaired) electrons. The fourth-order valence-electron chi connectivity index (χ4n) is 3.27. The number of rotatable bonds is 0. The van der Waals surface area contributed by atoms with Crippen molar-refractivity contribution in [1.29, 1.82) is 0 Å². The predicted molar refractivity (Wildman–Crippen MR) is 87.6 cm³/mol. The Labute approximate surface area is 127 Å². The maximum absolute atomic E-state index is 5.51. The standard InChI is InChI=1S/C19H13NO2/c1-11-3-2-4-13-14-6-5-12-7-17-18(22-10-21-17)8-15(12)19(14)20-9-16(11)13/h2-9H,10H2,1H3. The Morgan fingerprint density at radius 2 is 1.73 bits per heavy atom. The van der Waals surface area contributed by atoms with Gasteiger partial charge in [-0.15, -0.1) is 0 Å². The van der Waals surface area contributed by atoms with Crippen LogP contribution in [0.4, 0.5) is 0 Å². The molecule has 22 heavy (non-hydrogen) atoms. The minimum Gasteiger partial charge on any atom is -0.454 e. The van der Waals surface area contributed by atoms with Crippen molar-refractivity contribution >= 4 is 32.4 Å². The first kappa shape index (κ1) is 11.8. The predicted octanol–water partition coefficient (Wildman–Crippen LogP) is 4.58. The number of aromatic nitrogens is 1. The van der Waals surface area contributed by atoms with E-state index in [-0.39, 0.29) is 0 Å². The van der Waals surface area contributed by atoms with Gasteiger partial charge in [-0.2, -0.15) is 0 Å². The summed E-state index contributed by atoms with van der Waals surface area (Å²) in [5.74, 6) is 1.61. The lowest BCUT2D eigenvalue weighted by atomic mass is 9.99. The molecule has 1 aliphatic heterocycles. The largest absolute Gasteiger partial charge is 0.454 e. The van der Waals surface area contributed by atoms with Crippen LogP contribution in [0.25, 0.3) is 32.4 Å². The summed E-state index contributed by atoms with van der Waals surface area (Å²) in [4.78, 5) is 4.73. The van der Waals surface area contributed by atoms with Crippen molar-refractivity contribution in [3.8, 4) is 11.5 Å². The van der Waals surface area contributed by atoms with Gasteiger partial charge in [-0.3, -0.25) is 4.98 Å². The molecule has 0 saturated heterocycles. The molecule has 5 rings (SSSR count). The number of hydrogen-bond acceptors (Lipinski definition) is 3. The van der Waals surface area contributed by atoms with E-state index in [1.807, 2.05) is 18.3 Å². The van der Waals surface area contributed by atoms with Gasteiger partial charge in [0.1, 0.15) is 0 Å². The second-order valence-electron chi connectivity index (χ2n) is 5.68. The average molecular weight is 287 g/mol. The van der Waals surface area contributed by atoms with E-state index in [4.69, 9.17) is 14.5 Å². The fraction of sp³-hybridized carbons (Fsp3) is 0.105. The molecular formula is C19H13NO2. The second-order valence-corrected chi connectivity index (χ2v) is 5.68. The number of ether oxygens (including phenoxy) is 2. The number of fused-ring (bicyclic) bond motifs is 6. The lowest BCUT2D eigenvalue weighted by Gasteiger charge is -2.09. The average Bonchev–Trinajstić information content (AvgIpc) is 3.00. The normalized spacial score (nSPS) is 13.3. The molecular weight excluding hydrogens is 274 g/mol. The fourth-order valence-corrected chi connectivity index (χ4v) is 3.27. The van der Waals surface area contributed by atoms with Crippen LogP contribution in [0.1, 0.15) is 5.56 Å². The number of nitrogens with zero attached hydrogens (tertiary/aromatic N) is 1. The van der Waals surface area contributed by atoms with Crippen LogP contribution in [0.5, 0.6) is 11.5 Å². The lowest BCUT2D eigenvalue weighted by molar-refractivity contribution is 0.174. The van der Waals surface area contributed by atoms with Crippen LogP contribution in [0.2, 0.25) is 0 Å². The lowest BCUT2D eigenvalue weighted by Crippen LogP contribution is -1.92. The monoisotopic (exact) mass is 287 g/mol. The summed E-state index contributed by atoms with van der Waals surface area (Å²) in [6.45, 7) is 2.41. The zero-order valence-electron chi connectivity index (χ0n) is 12.1. The minimum atomic E-state index is 0.291. The Morgan fingerprint density at radius 3 is 2.64 bits per heavy atom. The van der Waals surface area contributed by atoms with Crippen molar-refractivity contribution in [2.75, 3.05) is 6.79 Å². The van der Waals surface area contributed by atoms with Crippen LogP contribution in [0.3, 0.4) is 0 Å². The summed E-state index contributed by atoms with van der Waals surface area (Å²) >= 11 is 0. The number of aryl methyl sites for hydroxylation is 1. The van der Waals surface area contributed by atoms with Crippen molar-refractivity contribution in [2.45, 2.75) is 6.92 Å². The van der Waals surface area contributed by atoms with Gasteiger partial charge in [0.05, 0.1) is 5.52 Å². The topological polar surface area (TPSA) is 31.4 Å². The van der Waals surface area contributed by atoms with Gasteiger partial charge in [0.25, 0.3) is 0 Å². The Bertz CT molecular complexity index is 1070. The van der Waals surface area contributed by atoms with Gasteiger partial charge in [0.15, 0.2) is 11.5 Å². The van der Waals surface area contributed by atoms with Gasteiger partial charge in [-0.25, -0.2) is 0 Å². The summed E-state index contributed by atoms with van der Waals surface area (Å²) in [6.07, 6.45) is 1.97. The number of hydrogen-bond donors (Lipinski definition) is 0. The summed E-state index contributed by atoms with van der Waals surface area (Å²) in [5.41, 5.74) is 2.26. The highest BCUT2D eigenvalue weighted by Gasteiger charge is 2.16. The highest BCUT2D eigenvalue weighted by Crippen LogP contribution is 2.39. The molecule has 0 unspecified atom stereocenters. The molecule has 0 bridgehead atoms. The maximum Gasteiger partial charge on any atom is 0.231 e. The van der Waals surface area contributed by atoms with E-state index in [1.54, 1.807) is 0 Å². The van der Waals surface area contributed by atoms with Crippen LogP contribution < -0.4 is 9.47 Å². The molecule has 3 aromatic carbocycles. The van der Waals surface area contributed by atoms with Crippen LogP contribution >= 0.6 is 0 Å². The molecule has 2 heterocycles. The first-order valence-corrected chi connectivity index (χ1v) is 7.32. The molecule has 0 aliphatic carbocycles. The molecule has 0 fully saturated rings. The molecule has 0 saturated carbocycles. The summed E-state index contributed by atoms with van der Waals surface area (Å²) in [7, 11) is 0. The SMILES string of the molecule is Cc1cccc2c1cnc1c3cc4c(cc3ccc21)OCO4. The van der Waals surface area contributed by atoms with E-state index in [9.17, 15) is 0 Å². The molecule has 0 atom stereocenters. The Hall–Kier alpha value is -2.81. The van der Waals surface area contributed by atoms with Crippen LogP contribution in [-0.4, -0.2) is 11.8 Å². The first-order valence-electron chi connectivity index (χ1n) is 7.32. The van der Waals surface area contributed by atoms with Crippen LogP contribution in [0, 0.1) is 6.92 Å². The van der Waals surface area contributed by atoms with Gasteiger partial charge in [-0.1, -0.05) is 30.3 Å². The zero-order valence-corrected chi connectivity index (χ0v) is 12.1. The van der Waals surface area contributed by atoms with E-state index < -0.39 is 0 Å². The molecule has 3 nitrogen and oxygen atoms in total. The number of benzene rings is 3. The minimum absolute atomic E-state index is 0.291. The molecule has 0 spiro atoms. The summed E-state index contributed by atoms with van der Waals surface area (Å²) in [5, 5.41) is 5.84. The molecule has 1 aliphatic rings. The molecule has 4 aromatic rings. The van der Waals surface area contributed by atoms with Gasteiger partial charge in [0.2, 0.25) is 6.79 Å². The molecule has 1 aromatic heterocycles. The summed E-state index contributed by atoms with van der Waals surface area (Å²) < 4.78 is 11.0. The van der Waals surface area contributed by atoms with Gasteiger partial charge in [0, 0.05) is 22.4 Å². The molecule has 3 heteroatoms. The molecule has 0 amide bonds. The van der Waals surface area contributed by atoms with E-state index in [2.05, 4.69) is 37.3 Å². The third kappa shape index (κ3) is 1.48. The molecule has 106 valence electrons. The maximum atomic E-state index is 5.51. The third-order valence-electron chi connectivity index (χ3n) is 4.42. The molecule has 0 N–H and O–H groups in total. The van der Waals surface area contributed by atoms with Gasteiger partial charge < -0.3 is 9.47 Å². The summed E-state index contributed by atoms with van der Waals surface area (Å²) in [6, 6.07) is 14.7. The van der Waals surface area contributed by atoms with E-state index >= 15 is 0 Å².